The smallest absolute Gasteiger partial charge is 0.0766 e. The van der Waals surface area contributed by atoms with Gasteiger partial charge in [0.2, 0.25) is 0 Å². The fourth-order valence-electron chi connectivity index (χ4n) is 1.89. The minimum absolute atomic E-state index is 0.355. The van der Waals surface area contributed by atoms with Crippen LogP contribution in [0.3, 0.4) is 0 Å². The monoisotopic (exact) mass is 212 g/mol. The van der Waals surface area contributed by atoms with Gasteiger partial charge in [0, 0.05) is 6.04 Å². The first-order valence-electron chi connectivity index (χ1n) is 6.30. The number of nitrogens with one attached hydrogen (secondary N) is 2. The maximum atomic E-state index is 3.61. The molecule has 0 aromatic carbocycles. The second-order valence-electron chi connectivity index (χ2n) is 4.16. The summed E-state index contributed by atoms with van der Waals surface area (Å²) in [6.45, 7) is 8.28. The van der Waals surface area contributed by atoms with Gasteiger partial charge in [0.1, 0.15) is 0 Å². The average molecular weight is 212 g/mol. The van der Waals surface area contributed by atoms with Crippen molar-refractivity contribution < 1.29 is 0 Å². The van der Waals surface area contributed by atoms with Gasteiger partial charge in [0.05, 0.1) is 6.17 Å². The summed E-state index contributed by atoms with van der Waals surface area (Å²) in [5.74, 6) is 0. The molecular weight excluding hydrogens is 184 g/mol. The summed E-state index contributed by atoms with van der Waals surface area (Å²) >= 11 is 0. The highest BCUT2D eigenvalue weighted by Gasteiger charge is 2.16. The van der Waals surface area contributed by atoms with Crippen LogP contribution >= 0.6 is 0 Å². The van der Waals surface area contributed by atoms with Crippen LogP contribution in [0.25, 0.3) is 0 Å². The van der Waals surface area contributed by atoms with E-state index in [-0.39, 0.29) is 0 Å². The normalized spacial score (nSPS) is 17.9. The highest BCUT2D eigenvalue weighted by Crippen LogP contribution is 2.17. The molecule has 1 fully saturated rings. The first-order valence-corrected chi connectivity index (χ1v) is 6.30. The van der Waals surface area contributed by atoms with Gasteiger partial charge in [0.15, 0.2) is 0 Å². The van der Waals surface area contributed by atoms with Crippen LogP contribution in [0.5, 0.6) is 0 Å². The Bertz CT molecular complexity index is 165. The van der Waals surface area contributed by atoms with E-state index in [0.717, 1.165) is 6.04 Å². The van der Waals surface area contributed by atoms with Crippen molar-refractivity contribution >= 4 is 0 Å². The van der Waals surface area contributed by atoms with Gasteiger partial charge in [-0.05, 0) is 33.7 Å². The van der Waals surface area contributed by atoms with Crippen molar-refractivity contribution in [2.45, 2.75) is 65.6 Å². The molecule has 1 aliphatic rings. The largest absolute Gasteiger partial charge is 0.302 e. The van der Waals surface area contributed by atoms with Gasteiger partial charge in [-0.25, -0.2) is 0 Å². The SMILES string of the molecule is CC.CNC(C=C(C)C)NC1CCCC1. The summed E-state index contributed by atoms with van der Waals surface area (Å²) in [5.41, 5.74) is 1.37. The third-order valence-electron chi connectivity index (χ3n) is 2.58. The van der Waals surface area contributed by atoms with Crippen LogP contribution in [-0.4, -0.2) is 19.3 Å². The highest BCUT2D eigenvalue weighted by atomic mass is 15.1. The van der Waals surface area contributed by atoms with Crippen molar-refractivity contribution in [3.05, 3.63) is 11.6 Å². The fraction of sp³-hybridized carbons (Fsp3) is 0.846. The Hall–Kier alpha value is -0.340. The standard InChI is InChI=1S/C11H22N2.C2H6/c1-9(2)8-11(12-3)13-10-6-4-5-7-10;1-2/h8,10-13H,4-7H2,1-3H3;1-2H3. The van der Waals surface area contributed by atoms with E-state index in [0.29, 0.717) is 6.17 Å². The van der Waals surface area contributed by atoms with Crippen LogP contribution in [0.15, 0.2) is 11.6 Å². The van der Waals surface area contributed by atoms with Gasteiger partial charge < -0.3 is 5.32 Å². The molecule has 0 amide bonds. The number of allylic oxidation sites excluding steroid dienone is 1. The molecule has 0 aromatic rings. The third-order valence-corrected chi connectivity index (χ3v) is 2.58. The molecular formula is C13H28N2. The molecule has 2 N–H and O–H groups in total. The molecule has 1 rings (SSSR count). The fourth-order valence-corrected chi connectivity index (χ4v) is 1.89. The molecule has 1 aliphatic carbocycles. The molecule has 0 saturated heterocycles. The summed E-state index contributed by atoms with van der Waals surface area (Å²) in [5, 5.41) is 6.88. The zero-order chi connectivity index (χ0) is 11.7. The molecule has 1 saturated carbocycles. The van der Waals surface area contributed by atoms with Crippen LogP contribution < -0.4 is 10.6 Å². The molecule has 0 radical (unpaired) electrons. The number of hydrogen-bond donors (Lipinski definition) is 2. The maximum absolute atomic E-state index is 3.61. The molecule has 1 atom stereocenters. The summed E-state index contributed by atoms with van der Waals surface area (Å²) in [4.78, 5) is 0. The van der Waals surface area contributed by atoms with Crippen LogP contribution in [0.2, 0.25) is 0 Å². The molecule has 0 bridgehead atoms. The summed E-state index contributed by atoms with van der Waals surface area (Å²) in [6.07, 6.45) is 8.07. The Kier molecular flexibility index (Phi) is 8.73. The summed E-state index contributed by atoms with van der Waals surface area (Å²) in [6, 6.07) is 0.730. The van der Waals surface area contributed by atoms with Crippen LogP contribution in [0, 0.1) is 0 Å². The molecule has 15 heavy (non-hydrogen) atoms. The second kappa shape index (κ2) is 8.93. The molecule has 2 nitrogen and oxygen atoms in total. The van der Waals surface area contributed by atoms with Crippen LogP contribution in [-0.2, 0) is 0 Å². The average Bonchev–Trinajstić information content (AvgIpc) is 2.72. The van der Waals surface area contributed by atoms with E-state index >= 15 is 0 Å². The summed E-state index contributed by atoms with van der Waals surface area (Å²) in [7, 11) is 2.01. The number of hydrogen-bond acceptors (Lipinski definition) is 2. The van der Waals surface area contributed by atoms with Crippen LogP contribution in [0.1, 0.15) is 53.4 Å². The van der Waals surface area contributed by atoms with E-state index in [4.69, 9.17) is 0 Å². The van der Waals surface area contributed by atoms with Gasteiger partial charge in [-0.2, -0.15) is 0 Å². The highest BCUT2D eigenvalue weighted by molar-refractivity contribution is 5.00. The third kappa shape index (κ3) is 6.69. The quantitative estimate of drug-likeness (QED) is 0.553. The number of rotatable bonds is 4. The van der Waals surface area contributed by atoms with E-state index in [2.05, 4.69) is 30.6 Å². The zero-order valence-electron chi connectivity index (χ0n) is 11.1. The van der Waals surface area contributed by atoms with Crippen molar-refractivity contribution in [3.8, 4) is 0 Å². The van der Waals surface area contributed by atoms with Gasteiger partial charge in [-0.3, -0.25) is 5.32 Å². The minimum atomic E-state index is 0.355. The Balaban J connectivity index is 0.000000921. The molecule has 0 aromatic heterocycles. The zero-order valence-corrected chi connectivity index (χ0v) is 11.1. The molecule has 2 heteroatoms. The van der Waals surface area contributed by atoms with Gasteiger partial charge in [-0.15, -0.1) is 0 Å². The molecule has 1 unspecified atom stereocenters. The molecule has 0 spiro atoms. The van der Waals surface area contributed by atoms with Crippen molar-refractivity contribution in [1.82, 2.24) is 10.6 Å². The van der Waals surface area contributed by atoms with Gasteiger partial charge in [-0.1, -0.05) is 38.3 Å². The topological polar surface area (TPSA) is 24.1 Å². The second-order valence-corrected chi connectivity index (χ2v) is 4.16. The maximum Gasteiger partial charge on any atom is 0.0766 e. The molecule has 0 heterocycles. The predicted molar refractivity (Wildman–Crippen MR) is 69.0 cm³/mol. The Morgan fingerprint density at radius 1 is 1.20 bits per heavy atom. The van der Waals surface area contributed by atoms with E-state index in [1.807, 2.05) is 20.9 Å². The first kappa shape index (κ1) is 14.7. The lowest BCUT2D eigenvalue weighted by atomic mass is 10.2. The van der Waals surface area contributed by atoms with E-state index in [1.165, 1.54) is 31.3 Å². The molecule has 0 aliphatic heterocycles. The van der Waals surface area contributed by atoms with Crippen LogP contribution in [0.4, 0.5) is 0 Å². The predicted octanol–water partition coefficient (Wildman–Crippen LogP) is 3.06. The Labute approximate surface area is 95.5 Å². The summed E-state index contributed by atoms with van der Waals surface area (Å²) < 4.78 is 0. The Morgan fingerprint density at radius 2 is 1.73 bits per heavy atom. The van der Waals surface area contributed by atoms with Gasteiger partial charge >= 0.3 is 0 Å². The number of likely N-dealkylation sites (N-methyl/N-ethyl adjacent to an activating group) is 1. The first-order chi connectivity index (χ1) is 7.22. The lowest BCUT2D eigenvalue weighted by molar-refractivity contribution is 0.441. The van der Waals surface area contributed by atoms with Crippen molar-refractivity contribution in [1.29, 1.82) is 0 Å². The van der Waals surface area contributed by atoms with Crippen molar-refractivity contribution in [2.24, 2.45) is 0 Å². The van der Waals surface area contributed by atoms with E-state index in [1.54, 1.807) is 0 Å². The van der Waals surface area contributed by atoms with E-state index in [9.17, 15) is 0 Å². The van der Waals surface area contributed by atoms with Gasteiger partial charge in [0.25, 0.3) is 0 Å². The van der Waals surface area contributed by atoms with Crippen molar-refractivity contribution in [3.63, 3.8) is 0 Å². The van der Waals surface area contributed by atoms with E-state index < -0.39 is 0 Å². The lowest BCUT2D eigenvalue weighted by Gasteiger charge is -2.19. The Morgan fingerprint density at radius 3 is 2.13 bits per heavy atom. The van der Waals surface area contributed by atoms with Crippen molar-refractivity contribution in [2.75, 3.05) is 7.05 Å². The minimum Gasteiger partial charge on any atom is -0.302 e. The lowest BCUT2D eigenvalue weighted by Crippen LogP contribution is -2.43. The molecule has 90 valence electrons.